The molecule has 1 aliphatic rings. The lowest BCUT2D eigenvalue weighted by Crippen LogP contribution is -2.42. The third-order valence-corrected chi connectivity index (χ3v) is 8.47. The summed E-state index contributed by atoms with van der Waals surface area (Å²) in [6.45, 7) is 7.09. The standard InChI is InChI=1S/C26H29N3O6S/c1-15-10-16(2)14-29(13-15)36(30,31)19-7-9-21-20(12-19)17(3)24(34-21)26-27-25(28-35-26)18-6-8-22(32-4)23(11-18)33-5/h6-9,11-12,15-16H,10,13-14H2,1-5H3/t15-,16-/m1/s1. The molecule has 1 fully saturated rings. The van der Waals surface area contributed by atoms with Crippen LogP contribution in [0.2, 0.25) is 0 Å². The molecule has 0 amide bonds. The third-order valence-electron chi connectivity index (χ3n) is 6.64. The van der Waals surface area contributed by atoms with Crippen molar-refractivity contribution in [1.82, 2.24) is 14.4 Å². The molecule has 0 saturated carbocycles. The number of methoxy groups -OCH3 is 2. The van der Waals surface area contributed by atoms with Gasteiger partial charge in [-0.25, -0.2) is 8.42 Å². The quantitative estimate of drug-likeness (QED) is 0.350. The minimum atomic E-state index is -3.62. The van der Waals surface area contributed by atoms with Gasteiger partial charge in [-0.1, -0.05) is 19.0 Å². The summed E-state index contributed by atoms with van der Waals surface area (Å²) in [4.78, 5) is 4.76. The second kappa shape index (κ2) is 9.25. The fourth-order valence-electron chi connectivity index (χ4n) is 4.92. The van der Waals surface area contributed by atoms with E-state index in [4.69, 9.17) is 18.4 Å². The number of hydrogen-bond donors (Lipinski definition) is 0. The number of ether oxygens (including phenoxy) is 2. The molecule has 10 heteroatoms. The Bertz CT molecular complexity index is 1510. The van der Waals surface area contributed by atoms with Crippen molar-refractivity contribution < 1.29 is 26.8 Å². The predicted octanol–water partition coefficient (Wildman–Crippen LogP) is 5.14. The summed E-state index contributed by atoms with van der Waals surface area (Å²) in [5.74, 6) is 2.77. The van der Waals surface area contributed by atoms with Crippen LogP contribution in [0.1, 0.15) is 25.8 Å². The van der Waals surface area contributed by atoms with Crippen LogP contribution in [0, 0.1) is 18.8 Å². The van der Waals surface area contributed by atoms with Crippen LogP contribution in [0.3, 0.4) is 0 Å². The topological polar surface area (TPSA) is 108 Å². The molecule has 0 N–H and O–H groups in total. The number of aromatic nitrogens is 2. The maximum Gasteiger partial charge on any atom is 0.294 e. The smallest absolute Gasteiger partial charge is 0.294 e. The molecule has 0 spiro atoms. The van der Waals surface area contributed by atoms with Crippen LogP contribution in [0.5, 0.6) is 11.5 Å². The zero-order chi connectivity index (χ0) is 25.6. The monoisotopic (exact) mass is 511 g/mol. The van der Waals surface area contributed by atoms with Gasteiger partial charge in [0.1, 0.15) is 5.58 Å². The van der Waals surface area contributed by atoms with Gasteiger partial charge < -0.3 is 18.4 Å². The lowest BCUT2D eigenvalue weighted by molar-refractivity contribution is 0.222. The van der Waals surface area contributed by atoms with E-state index in [1.807, 2.05) is 6.92 Å². The van der Waals surface area contributed by atoms with E-state index in [2.05, 4.69) is 24.0 Å². The molecule has 0 bridgehead atoms. The first kappa shape index (κ1) is 24.3. The number of sulfonamides is 1. The zero-order valence-electron chi connectivity index (χ0n) is 20.9. The highest BCUT2D eigenvalue weighted by atomic mass is 32.2. The van der Waals surface area contributed by atoms with Crippen molar-refractivity contribution >= 4 is 21.0 Å². The van der Waals surface area contributed by atoms with Crippen molar-refractivity contribution in [2.45, 2.75) is 32.1 Å². The van der Waals surface area contributed by atoms with E-state index in [9.17, 15) is 8.42 Å². The number of piperidine rings is 1. The highest BCUT2D eigenvalue weighted by Gasteiger charge is 2.32. The van der Waals surface area contributed by atoms with Gasteiger partial charge in [-0.15, -0.1) is 0 Å². The van der Waals surface area contributed by atoms with E-state index >= 15 is 0 Å². The second-order valence-electron chi connectivity index (χ2n) is 9.48. The molecule has 2 atom stereocenters. The first-order chi connectivity index (χ1) is 17.2. The molecule has 2 aromatic carbocycles. The highest BCUT2D eigenvalue weighted by molar-refractivity contribution is 7.89. The minimum absolute atomic E-state index is 0.205. The molecule has 0 unspecified atom stereocenters. The number of rotatable bonds is 6. The van der Waals surface area contributed by atoms with Gasteiger partial charge in [0.05, 0.1) is 19.1 Å². The van der Waals surface area contributed by atoms with Crippen LogP contribution < -0.4 is 9.47 Å². The first-order valence-electron chi connectivity index (χ1n) is 11.8. The summed E-state index contributed by atoms with van der Waals surface area (Å²) in [6.07, 6.45) is 1.03. The van der Waals surface area contributed by atoms with Crippen LogP contribution in [0.4, 0.5) is 0 Å². The minimum Gasteiger partial charge on any atom is -0.493 e. The maximum absolute atomic E-state index is 13.4. The van der Waals surface area contributed by atoms with Gasteiger partial charge in [0.25, 0.3) is 5.89 Å². The Morgan fingerprint density at radius 2 is 1.72 bits per heavy atom. The Kier molecular flexibility index (Phi) is 6.25. The molecular weight excluding hydrogens is 482 g/mol. The van der Waals surface area contributed by atoms with E-state index in [0.717, 1.165) is 12.0 Å². The summed E-state index contributed by atoms with van der Waals surface area (Å²) < 4.78 is 50.6. The van der Waals surface area contributed by atoms with Gasteiger partial charge in [0.15, 0.2) is 17.3 Å². The van der Waals surface area contributed by atoms with Gasteiger partial charge in [-0.05, 0) is 61.6 Å². The van der Waals surface area contributed by atoms with Gasteiger partial charge in [0, 0.05) is 29.6 Å². The zero-order valence-corrected chi connectivity index (χ0v) is 21.8. The Labute approximate surface area is 210 Å². The number of furan rings is 1. The van der Waals surface area contributed by atoms with Crippen molar-refractivity contribution in [3.63, 3.8) is 0 Å². The van der Waals surface area contributed by atoms with Gasteiger partial charge in [-0.2, -0.15) is 9.29 Å². The number of hydrogen-bond acceptors (Lipinski definition) is 8. The van der Waals surface area contributed by atoms with Crippen LogP contribution in [0.15, 0.2) is 50.2 Å². The van der Waals surface area contributed by atoms with E-state index in [1.54, 1.807) is 54.9 Å². The summed E-state index contributed by atoms with van der Waals surface area (Å²) in [5, 5.41) is 4.78. The number of fused-ring (bicyclic) bond motifs is 1. The summed E-state index contributed by atoms with van der Waals surface area (Å²) >= 11 is 0. The van der Waals surface area contributed by atoms with Gasteiger partial charge >= 0.3 is 0 Å². The fourth-order valence-corrected chi connectivity index (χ4v) is 6.63. The molecule has 1 saturated heterocycles. The summed E-state index contributed by atoms with van der Waals surface area (Å²) in [5.41, 5.74) is 1.97. The molecule has 5 rings (SSSR count). The molecule has 190 valence electrons. The van der Waals surface area contributed by atoms with Crippen molar-refractivity contribution in [3.8, 4) is 34.5 Å². The lowest BCUT2D eigenvalue weighted by Gasteiger charge is -2.34. The Morgan fingerprint density at radius 1 is 1.00 bits per heavy atom. The van der Waals surface area contributed by atoms with Crippen LogP contribution in [-0.4, -0.2) is 50.2 Å². The number of benzene rings is 2. The first-order valence-corrected chi connectivity index (χ1v) is 13.2. The largest absolute Gasteiger partial charge is 0.493 e. The van der Waals surface area contributed by atoms with E-state index < -0.39 is 10.0 Å². The Morgan fingerprint density at radius 3 is 2.42 bits per heavy atom. The summed E-state index contributed by atoms with van der Waals surface area (Å²) in [6, 6.07) is 10.3. The van der Waals surface area contributed by atoms with Gasteiger partial charge in [0.2, 0.25) is 15.8 Å². The number of nitrogens with zero attached hydrogens (tertiary/aromatic N) is 3. The fraction of sp³-hybridized carbons (Fsp3) is 0.385. The molecular formula is C26H29N3O6S. The predicted molar refractivity (Wildman–Crippen MR) is 134 cm³/mol. The molecule has 2 aromatic heterocycles. The molecule has 3 heterocycles. The highest BCUT2D eigenvalue weighted by Crippen LogP contribution is 2.36. The average Bonchev–Trinajstić information content (AvgIpc) is 3.47. The lowest BCUT2D eigenvalue weighted by atomic mass is 9.94. The maximum atomic E-state index is 13.4. The molecule has 0 aliphatic carbocycles. The van der Waals surface area contributed by atoms with Crippen molar-refractivity contribution in [2.24, 2.45) is 11.8 Å². The van der Waals surface area contributed by atoms with Crippen molar-refractivity contribution in [3.05, 3.63) is 42.0 Å². The summed E-state index contributed by atoms with van der Waals surface area (Å²) in [7, 11) is -0.492. The van der Waals surface area contributed by atoms with Crippen LogP contribution in [0.25, 0.3) is 34.0 Å². The Hall–Kier alpha value is -3.37. The normalized spacial score (nSPS) is 19.0. The van der Waals surface area contributed by atoms with E-state index in [-0.39, 0.29) is 10.8 Å². The van der Waals surface area contributed by atoms with Crippen LogP contribution in [-0.2, 0) is 10.0 Å². The molecule has 9 nitrogen and oxygen atoms in total. The second-order valence-corrected chi connectivity index (χ2v) is 11.4. The average molecular weight is 512 g/mol. The van der Waals surface area contributed by atoms with Crippen molar-refractivity contribution in [2.75, 3.05) is 27.3 Å². The van der Waals surface area contributed by atoms with E-state index in [0.29, 0.717) is 64.5 Å². The van der Waals surface area contributed by atoms with Crippen LogP contribution >= 0.6 is 0 Å². The Balaban J connectivity index is 1.49. The molecule has 1 aliphatic heterocycles. The van der Waals surface area contributed by atoms with E-state index in [1.165, 1.54) is 0 Å². The third kappa shape index (κ3) is 4.24. The molecule has 36 heavy (non-hydrogen) atoms. The molecule has 0 radical (unpaired) electrons. The number of aryl methyl sites for hydroxylation is 1. The SMILES string of the molecule is COc1ccc(-c2noc(-c3oc4ccc(S(=O)(=O)N5C[C@H](C)C[C@@H](C)C5)cc4c3C)n2)cc1OC. The molecule has 4 aromatic rings. The van der Waals surface area contributed by atoms with Crippen molar-refractivity contribution in [1.29, 1.82) is 0 Å². The van der Waals surface area contributed by atoms with Gasteiger partial charge in [-0.3, -0.25) is 0 Å².